The monoisotopic (exact) mass is 719 g/mol. The van der Waals surface area contributed by atoms with Crippen molar-refractivity contribution in [2.45, 2.75) is 26.7 Å². The third-order valence-electron chi connectivity index (χ3n) is 11.3. The van der Waals surface area contributed by atoms with Gasteiger partial charge in [0.25, 0.3) is 0 Å². The molecule has 0 saturated heterocycles. The van der Waals surface area contributed by atoms with E-state index in [0.29, 0.717) is 0 Å². The second-order valence-electron chi connectivity index (χ2n) is 14.6. The van der Waals surface area contributed by atoms with Crippen molar-refractivity contribution in [3.63, 3.8) is 0 Å². The van der Waals surface area contributed by atoms with E-state index < -0.39 is 0 Å². The van der Waals surface area contributed by atoms with E-state index in [-0.39, 0.29) is 0 Å². The van der Waals surface area contributed by atoms with Crippen LogP contribution in [0, 0.1) is 0 Å². The number of aromatic nitrogens is 3. The van der Waals surface area contributed by atoms with Gasteiger partial charge in [-0.3, -0.25) is 0 Å². The van der Waals surface area contributed by atoms with Crippen molar-refractivity contribution in [3.05, 3.63) is 187 Å². The first-order valence-corrected chi connectivity index (χ1v) is 19.7. The molecule has 0 fully saturated rings. The van der Waals surface area contributed by atoms with Crippen molar-refractivity contribution < 1.29 is 0 Å². The van der Waals surface area contributed by atoms with Gasteiger partial charge < -0.3 is 9.97 Å². The van der Waals surface area contributed by atoms with Gasteiger partial charge in [0.1, 0.15) is 0 Å². The van der Waals surface area contributed by atoms with Gasteiger partial charge in [-0.25, -0.2) is 4.98 Å². The molecule has 8 aromatic rings. The molecule has 0 amide bonds. The average Bonchev–Trinajstić information content (AvgIpc) is 3.99. The summed E-state index contributed by atoms with van der Waals surface area (Å²) in [4.78, 5) is 13.4. The fourth-order valence-corrected chi connectivity index (χ4v) is 8.87. The first-order valence-electron chi connectivity index (χ1n) is 19.7. The molecule has 268 valence electrons. The Morgan fingerprint density at radius 3 is 0.964 bits per heavy atom. The van der Waals surface area contributed by atoms with Crippen LogP contribution >= 0.6 is 0 Å². The molecule has 0 spiro atoms. The van der Waals surface area contributed by atoms with Crippen LogP contribution in [0.25, 0.3) is 100.0 Å². The minimum atomic E-state index is 0.883. The van der Waals surface area contributed by atoms with Crippen LogP contribution in [0.3, 0.4) is 0 Å². The molecule has 3 nitrogen and oxygen atoms in total. The maximum Gasteiger partial charge on any atom is 0.0693 e. The first-order chi connectivity index (χ1) is 27.7. The lowest BCUT2D eigenvalue weighted by molar-refractivity contribution is 1.20. The van der Waals surface area contributed by atoms with Crippen LogP contribution in [0.5, 0.6) is 0 Å². The summed E-state index contributed by atoms with van der Waals surface area (Å²) in [5, 5.41) is 0. The SMILES string of the molecule is CCC1=C(CC)c2cc3[nH]c(cc4cc(cc5[nH]c(cc1n2)c(-c1ccccc1)c5-c1ccccc1)-c1ccccc1-4)c(-c1ccccc1)c3-c1ccccc1. The van der Waals surface area contributed by atoms with Crippen LogP contribution in [0.1, 0.15) is 38.1 Å². The normalized spacial score (nSPS) is 12.2. The molecule has 8 bridgehead atoms. The Kier molecular flexibility index (Phi) is 8.41. The zero-order chi connectivity index (χ0) is 37.6. The Hall–Kier alpha value is -6.97. The molecule has 2 N–H and O–H groups in total. The summed E-state index contributed by atoms with van der Waals surface area (Å²) >= 11 is 0. The van der Waals surface area contributed by atoms with Crippen molar-refractivity contribution in [1.29, 1.82) is 0 Å². The van der Waals surface area contributed by atoms with Crippen molar-refractivity contribution in [2.24, 2.45) is 0 Å². The number of hydrogen-bond donors (Lipinski definition) is 2. The molecule has 3 aromatic heterocycles. The van der Waals surface area contributed by atoms with Crippen LogP contribution in [-0.4, -0.2) is 15.0 Å². The maximum absolute atomic E-state index is 5.51. The van der Waals surface area contributed by atoms with Gasteiger partial charge >= 0.3 is 0 Å². The number of nitrogens with zero attached hydrogens (tertiary/aromatic N) is 1. The van der Waals surface area contributed by atoms with Crippen LogP contribution in [0.15, 0.2) is 176 Å². The molecule has 0 radical (unpaired) electrons. The molecule has 1 aliphatic heterocycles. The molecule has 1 aliphatic carbocycles. The summed E-state index contributed by atoms with van der Waals surface area (Å²) in [7, 11) is 0. The lowest BCUT2D eigenvalue weighted by Crippen LogP contribution is -1.84. The van der Waals surface area contributed by atoms with E-state index in [1.165, 1.54) is 77.9 Å². The van der Waals surface area contributed by atoms with Gasteiger partial charge in [-0.2, -0.15) is 0 Å². The van der Waals surface area contributed by atoms with Gasteiger partial charge in [0.15, 0.2) is 0 Å². The summed E-state index contributed by atoms with van der Waals surface area (Å²) in [6.45, 7) is 4.51. The number of benzene rings is 5. The van der Waals surface area contributed by atoms with Crippen molar-refractivity contribution >= 4 is 33.2 Å². The largest absolute Gasteiger partial charge is 0.354 e. The lowest BCUT2D eigenvalue weighted by Gasteiger charge is -2.07. The van der Waals surface area contributed by atoms with Crippen molar-refractivity contribution in [1.82, 2.24) is 15.0 Å². The molecular weight excluding hydrogens is 679 g/mol. The third-order valence-corrected chi connectivity index (χ3v) is 11.3. The smallest absolute Gasteiger partial charge is 0.0693 e. The fourth-order valence-electron chi connectivity index (χ4n) is 8.87. The Labute approximate surface area is 327 Å². The van der Waals surface area contributed by atoms with E-state index in [0.717, 1.165) is 46.3 Å². The molecule has 56 heavy (non-hydrogen) atoms. The highest BCUT2D eigenvalue weighted by Gasteiger charge is 2.23. The van der Waals surface area contributed by atoms with Gasteiger partial charge in [0.05, 0.1) is 11.4 Å². The fraction of sp³-hybridized carbons (Fsp3) is 0.0755. The zero-order valence-corrected chi connectivity index (χ0v) is 31.6. The summed E-state index contributed by atoms with van der Waals surface area (Å²) in [5.74, 6) is 0. The maximum atomic E-state index is 5.51. The molecule has 3 heteroatoms. The highest BCUT2D eigenvalue weighted by molar-refractivity contribution is 6.07. The van der Waals surface area contributed by atoms with Gasteiger partial charge in [0.2, 0.25) is 0 Å². The quantitative estimate of drug-likeness (QED) is 0.177. The standard InChI is InChI=1S/C53H41N3/c1-3-40-41(4-2)45-33-49-53(37-25-15-8-16-26-37)51(35-21-11-6-12-22-35)47(56-49)31-39-29-38(42-27-17-18-28-43(39)42)30-46-50(34-19-9-5-10-20-34)52(36-23-13-7-14-24-36)48(55-46)32-44(40)54-45/h5-33,55-56H,3-4H2,1-2H3. The number of nitrogens with one attached hydrogen (secondary N) is 2. The van der Waals surface area contributed by atoms with E-state index >= 15 is 0 Å². The molecule has 5 aromatic carbocycles. The predicted octanol–water partition coefficient (Wildman–Crippen LogP) is 14.7. The molecule has 0 atom stereocenters. The highest BCUT2D eigenvalue weighted by Crippen LogP contribution is 2.46. The molecule has 10 rings (SSSR count). The summed E-state index contributed by atoms with van der Waals surface area (Å²) in [5.41, 5.74) is 23.0. The highest BCUT2D eigenvalue weighted by atomic mass is 14.8. The first kappa shape index (κ1) is 33.6. The topological polar surface area (TPSA) is 44.5 Å². The number of rotatable bonds is 6. The summed E-state index contributed by atoms with van der Waals surface area (Å²) in [6, 6.07) is 63.6. The number of hydrogen-bond acceptors (Lipinski definition) is 1. The molecular formula is C53H41N3. The lowest BCUT2D eigenvalue weighted by atomic mass is 9.94. The van der Waals surface area contributed by atoms with Crippen LogP contribution in [0.2, 0.25) is 0 Å². The van der Waals surface area contributed by atoms with Crippen LogP contribution in [0.4, 0.5) is 0 Å². The number of fused-ring (bicyclic) bond motifs is 11. The predicted molar refractivity (Wildman–Crippen MR) is 237 cm³/mol. The number of aromatic amines is 2. The van der Waals surface area contributed by atoms with E-state index in [2.05, 4.69) is 200 Å². The van der Waals surface area contributed by atoms with Gasteiger partial charge in [-0.15, -0.1) is 0 Å². The second kappa shape index (κ2) is 14.0. The minimum absolute atomic E-state index is 0.883. The number of H-pyrrole nitrogens is 2. The van der Waals surface area contributed by atoms with E-state index in [1.807, 2.05) is 0 Å². The molecule has 2 aliphatic rings. The van der Waals surface area contributed by atoms with Crippen LogP contribution < -0.4 is 0 Å². The van der Waals surface area contributed by atoms with Crippen LogP contribution in [-0.2, 0) is 0 Å². The molecule has 0 unspecified atom stereocenters. The van der Waals surface area contributed by atoms with E-state index in [9.17, 15) is 0 Å². The van der Waals surface area contributed by atoms with E-state index in [4.69, 9.17) is 4.98 Å². The van der Waals surface area contributed by atoms with Crippen molar-refractivity contribution in [2.75, 3.05) is 0 Å². The van der Waals surface area contributed by atoms with Crippen molar-refractivity contribution in [3.8, 4) is 66.8 Å². The Balaban J connectivity index is 1.43. The molecule has 4 heterocycles. The second-order valence-corrected chi connectivity index (χ2v) is 14.6. The molecule has 0 saturated carbocycles. The summed E-state index contributed by atoms with van der Waals surface area (Å²) < 4.78 is 0. The zero-order valence-electron chi connectivity index (χ0n) is 31.6. The van der Waals surface area contributed by atoms with E-state index in [1.54, 1.807) is 0 Å². The number of allylic oxidation sites excluding steroid dienone is 2. The van der Waals surface area contributed by atoms with Gasteiger partial charge in [-0.1, -0.05) is 159 Å². The van der Waals surface area contributed by atoms with Gasteiger partial charge in [-0.05, 0) is 98.8 Å². The Morgan fingerprint density at radius 1 is 0.339 bits per heavy atom. The third kappa shape index (κ3) is 5.72. The Morgan fingerprint density at radius 2 is 0.643 bits per heavy atom. The van der Waals surface area contributed by atoms with Gasteiger partial charge in [0, 0.05) is 44.3 Å². The summed E-state index contributed by atoms with van der Waals surface area (Å²) in [6.07, 6.45) is 1.77. The average molecular weight is 720 g/mol. The minimum Gasteiger partial charge on any atom is -0.354 e. The Bertz CT molecular complexity index is 2750.